The van der Waals surface area contributed by atoms with Gasteiger partial charge in [0.25, 0.3) is 5.78 Å². The van der Waals surface area contributed by atoms with Crippen molar-refractivity contribution < 1.29 is 14.3 Å². The van der Waals surface area contributed by atoms with Gasteiger partial charge in [0.2, 0.25) is 0 Å². The minimum Gasteiger partial charge on any atom is -0.460 e. The first-order valence-corrected chi connectivity index (χ1v) is 6.85. The molecule has 0 radical (unpaired) electrons. The number of aromatic nitrogens is 1. The van der Waals surface area contributed by atoms with Crippen LogP contribution in [0.15, 0.2) is 24.3 Å². The second-order valence-corrected chi connectivity index (χ2v) is 5.18. The lowest BCUT2D eigenvalue weighted by Gasteiger charge is -2.13. The highest BCUT2D eigenvalue weighted by atomic mass is 35.5. The van der Waals surface area contributed by atoms with Crippen LogP contribution in [-0.2, 0) is 9.53 Å². The molecule has 0 aliphatic heterocycles. The second-order valence-electron chi connectivity index (χ2n) is 4.75. The van der Waals surface area contributed by atoms with Crippen molar-refractivity contribution in [1.82, 2.24) is 4.57 Å². The van der Waals surface area contributed by atoms with Gasteiger partial charge in [-0.1, -0.05) is 17.7 Å². The van der Waals surface area contributed by atoms with E-state index in [-0.39, 0.29) is 12.6 Å². The molecule has 2 rings (SSSR count). The molecule has 4 nitrogen and oxygen atoms in total. The minimum atomic E-state index is -0.830. The number of carbonyl (C=O) groups is 2. The highest BCUT2D eigenvalue weighted by Gasteiger charge is 2.24. The van der Waals surface area contributed by atoms with Gasteiger partial charge in [0.15, 0.2) is 0 Å². The number of hydrogen-bond donors (Lipinski definition) is 0. The van der Waals surface area contributed by atoms with Crippen molar-refractivity contribution in [2.24, 2.45) is 0 Å². The highest BCUT2D eigenvalue weighted by Crippen LogP contribution is 2.27. The Kier molecular flexibility index (Phi) is 4.14. The van der Waals surface area contributed by atoms with Gasteiger partial charge in [0.05, 0.1) is 17.8 Å². The summed E-state index contributed by atoms with van der Waals surface area (Å²) in [7, 11) is 0. The zero-order valence-electron chi connectivity index (χ0n) is 11.6. The molecule has 0 aliphatic rings. The van der Waals surface area contributed by atoms with Crippen molar-refractivity contribution in [3.63, 3.8) is 0 Å². The minimum absolute atomic E-state index is 0.0272. The van der Waals surface area contributed by atoms with E-state index in [4.69, 9.17) is 16.3 Å². The van der Waals surface area contributed by atoms with Crippen LogP contribution >= 0.6 is 11.6 Å². The Bertz CT molecular complexity index is 673. The first-order valence-electron chi connectivity index (χ1n) is 6.47. The van der Waals surface area contributed by atoms with Crippen LogP contribution < -0.4 is 0 Å². The summed E-state index contributed by atoms with van der Waals surface area (Å²) in [5.74, 6) is -1.46. The van der Waals surface area contributed by atoms with Gasteiger partial charge in [0, 0.05) is 16.5 Å². The fourth-order valence-corrected chi connectivity index (χ4v) is 2.39. The van der Waals surface area contributed by atoms with E-state index in [2.05, 4.69) is 0 Å². The third kappa shape index (κ3) is 2.56. The van der Waals surface area contributed by atoms with Crippen molar-refractivity contribution >= 4 is 34.3 Å². The van der Waals surface area contributed by atoms with Crippen molar-refractivity contribution in [3.05, 3.63) is 35.0 Å². The normalized spacial score (nSPS) is 11.1. The number of Topliss-reactive ketones (excluding diaryl/α,β-unsaturated/α-hetero) is 1. The number of fused-ring (bicyclic) bond motifs is 1. The molecule has 0 saturated heterocycles. The van der Waals surface area contributed by atoms with Crippen molar-refractivity contribution in [3.8, 4) is 0 Å². The number of nitrogens with zero attached hydrogens (tertiary/aromatic N) is 1. The summed E-state index contributed by atoms with van der Waals surface area (Å²) >= 11 is 6.01. The van der Waals surface area contributed by atoms with Gasteiger partial charge >= 0.3 is 5.97 Å². The molecule has 0 aliphatic carbocycles. The molecular formula is C15H16ClNO3. The van der Waals surface area contributed by atoms with Gasteiger partial charge in [-0.05, 0) is 39.0 Å². The number of esters is 1. The van der Waals surface area contributed by atoms with Gasteiger partial charge in [-0.3, -0.25) is 4.79 Å². The van der Waals surface area contributed by atoms with Crippen molar-refractivity contribution in [2.75, 3.05) is 6.61 Å². The molecule has 0 amide bonds. The number of rotatable bonds is 4. The Balaban J connectivity index is 2.61. The van der Waals surface area contributed by atoms with Crippen LogP contribution in [0.1, 0.15) is 37.3 Å². The molecular weight excluding hydrogens is 278 g/mol. The number of hydrogen-bond acceptors (Lipinski definition) is 3. The Morgan fingerprint density at radius 1 is 1.30 bits per heavy atom. The maximum absolute atomic E-state index is 12.2. The van der Waals surface area contributed by atoms with E-state index in [1.165, 1.54) is 0 Å². The third-order valence-corrected chi connectivity index (χ3v) is 3.25. The molecule has 20 heavy (non-hydrogen) atoms. The van der Waals surface area contributed by atoms with Crippen LogP contribution in [0.3, 0.4) is 0 Å². The lowest BCUT2D eigenvalue weighted by atomic mass is 10.2. The molecule has 0 spiro atoms. The van der Waals surface area contributed by atoms with Gasteiger partial charge in [0.1, 0.15) is 0 Å². The van der Waals surface area contributed by atoms with Crippen LogP contribution in [0.5, 0.6) is 0 Å². The van der Waals surface area contributed by atoms with Crippen molar-refractivity contribution in [2.45, 2.75) is 26.8 Å². The largest absolute Gasteiger partial charge is 0.460 e. The Morgan fingerprint density at radius 2 is 2.00 bits per heavy atom. The average Bonchev–Trinajstić information content (AvgIpc) is 2.76. The van der Waals surface area contributed by atoms with E-state index in [9.17, 15) is 9.59 Å². The van der Waals surface area contributed by atoms with E-state index in [1.54, 1.807) is 29.7 Å². The summed E-state index contributed by atoms with van der Waals surface area (Å²) in [5, 5.41) is 1.46. The zero-order valence-corrected chi connectivity index (χ0v) is 12.4. The van der Waals surface area contributed by atoms with Crippen LogP contribution in [0, 0.1) is 0 Å². The summed E-state index contributed by atoms with van der Waals surface area (Å²) in [6.07, 6.45) is 0. The van der Waals surface area contributed by atoms with Crippen LogP contribution in [0.4, 0.5) is 0 Å². The fraction of sp³-hybridized carbons (Fsp3) is 0.333. The maximum Gasteiger partial charge on any atom is 0.381 e. The first kappa shape index (κ1) is 14.6. The first-order chi connectivity index (χ1) is 9.45. The van der Waals surface area contributed by atoms with E-state index in [0.717, 1.165) is 10.9 Å². The smallest absolute Gasteiger partial charge is 0.381 e. The Morgan fingerprint density at radius 3 is 2.60 bits per heavy atom. The molecule has 0 fully saturated rings. The quantitative estimate of drug-likeness (QED) is 0.491. The summed E-state index contributed by atoms with van der Waals surface area (Å²) in [4.78, 5) is 23.8. The Hall–Kier alpha value is -1.81. The van der Waals surface area contributed by atoms with Crippen molar-refractivity contribution in [1.29, 1.82) is 0 Å². The van der Waals surface area contributed by atoms with E-state index in [1.807, 2.05) is 19.9 Å². The number of benzene rings is 1. The predicted molar refractivity (Wildman–Crippen MR) is 78.3 cm³/mol. The maximum atomic E-state index is 12.2. The summed E-state index contributed by atoms with van der Waals surface area (Å²) in [5.41, 5.74) is 1.16. The van der Waals surface area contributed by atoms with E-state index in [0.29, 0.717) is 10.7 Å². The molecule has 106 valence electrons. The third-order valence-electron chi connectivity index (χ3n) is 3.01. The zero-order chi connectivity index (χ0) is 14.9. The van der Waals surface area contributed by atoms with Crippen LogP contribution in [0.2, 0.25) is 5.02 Å². The molecule has 2 aromatic rings. The summed E-state index contributed by atoms with van der Waals surface area (Å²) in [6.45, 7) is 5.74. The second kappa shape index (κ2) is 5.67. The summed E-state index contributed by atoms with van der Waals surface area (Å²) in [6, 6.07) is 7.11. The predicted octanol–water partition coefficient (Wildman–Crippen LogP) is 3.62. The number of halogens is 1. The van der Waals surface area contributed by atoms with Gasteiger partial charge in [-0.15, -0.1) is 0 Å². The van der Waals surface area contributed by atoms with Gasteiger partial charge in [-0.2, -0.15) is 0 Å². The molecule has 0 saturated carbocycles. The number of carbonyl (C=O) groups excluding carboxylic acids is 2. The highest BCUT2D eigenvalue weighted by molar-refractivity contribution is 6.40. The number of ketones is 1. The molecule has 5 heteroatoms. The van der Waals surface area contributed by atoms with Crippen LogP contribution in [0.25, 0.3) is 10.9 Å². The molecule has 0 unspecified atom stereocenters. The van der Waals surface area contributed by atoms with E-state index >= 15 is 0 Å². The molecule has 1 aromatic heterocycles. The molecule has 1 aromatic carbocycles. The molecule has 0 bridgehead atoms. The topological polar surface area (TPSA) is 48.3 Å². The average molecular weight is 294 g/mol. The lowest BCUT2D eigenvalue weighted by molar-refractivity contribution is -0.137. The molecule has 1 heterocycles. The standard InChI is InChI=1S/C15H16ClNO3/c1-4-20-15(19)14(18)13-7-10-5-6-11(16)8-12(10)17(13)9(2)3/h5-9H,4H2,1-3H3. The Labute approximate surface area is 122 Å². The number of ether oxygens (including phenoxy) is 1. The summed E-state index contributed by atoms with van der Waals surface area (Å²) < 4.78 is 6.59. The fourth-order valence-electron chi connectivity index (χ4n) is 2.23. The van der Waals surface area contributed by atoms with Crippen LogP contribution in [-0.4, -0.2) is 22.9 Å². The van der Waals surface area contributed by atoms with E-state index < -0.39 is 11.8 Å². The monoisotopic (exact) mass is 293 g/mol. The molecule has 0 atom stereocenters. The lowest BCUT2D eigenvalue weighted by Crippen LogP contribution is -2.21. The van der Waals surface area contributed by atoms with Gasteiger partial charge in [-0.25, -0.2) is 4.79 Å². The SMILES string of the molecule is CCOC(=O)C(=O)c1cc2ccc(Cl)cc2n1C(C)C. The van der Waals surface area contributed by atoms with Gasteiger partial charge < -0.3 is 9.30 Å². The molecule has 0 N–H and O–H groups in total.